The van der Waals surface area contributed by atoms with E-state index in [1.165, 1.54) is 6.07 Å². The van der Waals surface area contributed by atoms with Gasteiger partial charge in [0.1, 0.15) is 0 Å². The summed E-state index contributed by atoms with van der Waals surface area (Å²) in [5, 5.41) is 19.1. The van der Waals surface area contributed by atoms with E-state index in [1.807, 2.05) is 6.07 Å². The van der Waals surface area contributed by atoms with Crippen LogP contribution in [0.5, 0.6) is 0 Å². The summed E-state index contributed by atoms with van der Waals surface area (Å²) >= 11 is 0. The molecule has 1 amide bonds. The second-order valence-electron chi connectivity index (χ2n) is 13.0. The van der Waals surface area contributed by atoms with E-state index in [4.69, 9.17) is 4.42 Å². The van der Waals surface area contributed by atoms with Gasteiger partial charge in [-0.05, 0) is 118 Å². The quantitative estimate of drug-likeness (QED) is 0.603. The second kappa shape index (κ2) is 8.44. The van der Waals surface area contributed by atoms with E-state index in [0.717, 1.165) is 82.7 Å². The first-order valence-electron chi connectivity index (χ1n) is 14.1. The van der Waals surface area contributed by atoms with Gasteiger partial charge in [-0.3, -0.25) is 4.79 Å². The number of hydrogen-bond donors (Lipinski definition) is 3. The van der Waals surface area contributed by atoms with E-state index in [2.05, 4.69) is 24.5 Å². The Bertz CT molecular complexity index is 1010. The fraction of sp³-hybridized carbons (Fsp3) is 0.793. The van der Waals surface area contributed by atoms with Crippen molar-refractivity contribution in [3.8, 4) is 0 Å². The minimum atomic E-state index is -0.663. The molecule has 5 fully saturated rings. The molecule has 4 aliphatic carbocycles. The summed E-state index contributed by atoms with van der Waals surface area (Å²) in [5.74, 6) is 1.92. The molecule has 192 valence electrons. The molecule has 0 bridgehead atoms. The summed E-state index contributed by atoms with van der Waals surface area (Å²) in [6.07, 6.45) is 13.1. The third kappa shape index (κ3) is 3.57. The highest BCUT2D eigenvalue weighted by Crippen LogP contribution is 2.70. The van der Waals surface area contributed by atoms with Crippen LogP contribution >= 0.6 is 0 Å². The highest BCUT2D eigenvalue weighted by molar-refractivity contribution is 5.82. The maximum Gasteiger partial charge on any atom is 0.335 e. The van der Waals surface area contributed by atoms with E-state index >= 15 is 0 Å². The van der Waals surface area contributed by atoms with Gasteiger partial charge in [-0.2, -0.15) is 0 Å². The van der Waals surface area contributed by atoms with Crippen LogP contribution in [0.4, 0.5) is 0 Å². The molecule has 1 aromatic heterocycles. The summed E-state index contributed by atoms with van der Waals surface area (Å²) in [5.41, 5.74) is 0.147. The molecule has 6 rings (SSSR count). The number of amides is 1. The van der Waals surface area contributed by atoms with Crippen LogP contribution in [-0.2, 0) is 4.79 Å². The standard InChI is InChI=1S/C29H42N2O4/c1-27-12-9-20(31-26(33)24-4-3-15-30-24)16-19(27)6-7-23-22(27)10-13-28(2)21(11-14-29(23,28)34)18-5-8-25(32)35-17-18/h5,8,17,19-24,30,34H,3-4,6-7,9-16H2,1-2H3,(H,31,33)/t19-,20+,21-,22?,23-,24+,27+,28-,29+/m1/s1. The first-order valence-corrected chi connectivity index (χ1v) is 14.1. The van der Waals surface area contributed by atoms with Crippen LogP contribution in [0.1, 0.15) is 96.0 Å². The number of fused-ring (bicyclic) bond motifs is 5. The van der Waals surface area contributed by atoms with E-state index in [0.29, 0.717) is 23.8 Å². The fourth-order valence-electron chi connectivity index (χ4n) is 9.67. The highest BCUT2D eigenvalue weighted by Gasteiger charge is 2.67. The third-order valence-corrected chi connectivity index (χ3v) is 11.7. The third-order valence-electron chi connectivity index (χ3n) is 11.7. The molecule has 0 radical (unpaired) electrons. The number of hydrogen-bond acceptors (Lipinski definition) is 5. The van der Waals surface area contributed by atoms with Crippen LogP contribution in [0.3, 0.4) is 0 Å². The van der Waals surface area contributed by atoms with Crippen molar-refractivity contribution in [3.05, 3.63) is 34.4 Å². The van der Waals surface area contributed by atoms with Gasteiger partial charge in [-0.15, -0.1) is 0 Å². The van der Waals surface area contributed by atoms with Crippen molar-refractivity contribution in [2.75, 3.05) is 6.54 Å². The molecule has 3 N–H and O–H groups in total. The average molecular weight is 483 g/mol. The Hall–Kier alpha value is -1.66. The van der Waals surface area contributed by atoms with Crippen LogP contribution in [-0.4, -0.2) is 35.2 Å². The normalized spacial score (nSPS) is 46.9. The molecule has 1 unspecified atom stereocenters. The lowest BCUT2D eigenvalue weighted by atomic mass is 9.43. The van der Waals surface area contributed by atoms with Gasteiger partial charge in [0.15, 0.2) is 0 Å². The number of carbonyl (C=O) groups excluding carboxylic acids is 1. The Morgan fingerprint density at radius 1 is 1.06 bits per heavy atom. The zero-order chi connectivity index (χ0) is 24.4. The van der Waals surface area contributed by atoms with Crippen molar-refractivity contribution >= 4 is 5.91 Å². The fourth-order valence-corrected chi connectivity index (χ4v) is 9.67. The minimum absolute atomic E-state index is 0.00253. The first kappa shape index (κ1) is 23.7. The SMILES string of the molecule is C[C@]12CC[C@H](NC(=O)[C@@H]3CCCN3)C[C@H]1CC[C@@H]1C2CC[C@]2(C)[C@@H](c3ccc(=O)oc3)CC[C@]12O. The number of aliphatic hydroxyl groups is 1. The van der Waals surface area contributed by atoms with Gasteiger partial charge < -0.3 is 20.2 Å². The Morgan fingerprint density at radius 2 is 1.91 bits per heavy atom. The smallest absolute Gasteiger partial charge is 0.335 e. The first-order chi connectivity index (χ1) is 16.7. The molecule has 0 spiro atoms. The van der Waals surface area contributed by atoms with Crippen LogP contribution < -0.4 is 16.3 Å². The molecular formula is C29H42N2O4. The van der Waals surface area contributed by atoms with Crippen LogP contribution in [0.25, 0.3) is 0 Å². The van der Waals surface area contributed by atoms with Crippen molar-refractivity contribution in [1.29, 1.82) is 0 Å². The number of rotatable bonds is 3. The number of nitrogens with one attached hydrogen (secondary N) is 2. The highest BCUT2D eigenvalue weighted by atomic mass is 16.4. The largest absolute Gasteiger partial charge is 0.431 e. The summed E-state index contributed by atoms with van der Waals surface area (Å²) in [6, 6.07) is 3.72. The average Bonchev–Trinajstić information content (AvgIpc) is 3.47. The second-order valence-corrected chi connectivity index (χ2v) is 13.0. The maximum atomic E-state index is 12.7. The van der Waals surface area contributed by atoms with Gasteiger partial charge in [0, 0.05) is 17.5 Å². The Morgan fingerprint density at radius 3 is 2.66 bits per heavy atom. The minimum Gasteiger partial charge on any atom is -0.431 e. The van der Waals surface area contributed by atoms with Crippen molar-refractivity contribution in [2.45, 2.75) is 108 Å². The van der Waals surface area contributed by atoms with E-state index in [9.17, 15) is 14.7 Å². The van der Waals surface area contributed by atoms with E-state index in [1.54, 1.807) is 6.26 Å². The lowest BCUT2D eigenvalue weighted by molar-refractivity contribution is -0.202. The van der Waals surface area contributed by atoms with Gasteiger partial charge in [0.2, 0.25) is 5.91 Å². The van der Waals surface area contributed by atoms with Gasteiger partial charge in [0.05, 0.1) is 17.9 Å². The van der Waals surface area contributed by atoms with Crippen molar-refractivity contribution in [1.82, 2.24) is 10.6 Å². The molecule has 6 heteroatoms. The van der Waals surface area contributed by atoms with E-state index in [-0.39, 0.29) is 34.3 Å². The van der Waals surface area contributed by atoms with Crippen LogP contribution in [0, 0.1) is 28.6 Å². The lowest BCUT2D eigenvalue weighted by Crippen LogP contribution is -2.62. The van der Waals surface area contributed by atoms with Crippen LogP contribution in [0.15, 0.2) is 27.6 Å². The predicted molar refractivity (Wildman–Crippen MR) is 134 cm³/mol. The molecule has 0 aromatic carbocycles. The molecule has 5 aliphatic rings. The van der Waals surface area contributed by atoms with Crippen molar-refractivity contribution in [3.63, 3.8) is 0 Å². The summed E-state index contributed by atoms with van der Waals surface area (Å²) < 4.78 is 5.22. The Kier molecular flexibility index (Phi) is 5.72. The Labute approximate surface area is 208 Å². The number of carbonyl (C=O) groups is 1. The Balaban J connectivity index is 1.19. The van der Waals surface area contributed by atoms with Crippen LogP contribution in [0.2, 0.25) is 0 Å². The molecule has 2 heterocycles. The van der Waals surface area contributed by atoms with Gasteiger partial charge in [-0.1, -0.05) is 13.8 Å². The summed E-state index contributed by atoms with van der Waals surface area (Å²) in [7, 11) is 0. The molecule has 1 aliphatic heterocycles. The zero-order valence-electron chi connectivity index (χ0n) is 21.4. The summed E-state index contributed by atoms with van der Waals surface area (Å²) in [6.45, 7) is 5.74. The lowest BCUT2D eigenvalue weighted by Gasteiger charge is -2.63. The molecule has 35 heavy (non-hydrogen) atoms. The molecule has 9 atom stereocenters. The summed E-state index contributed by atoms with van der Waals surface area (Å²) in [4.78, 5) is 24.2. The molecule has 6 nitrogen and oxygen atoms in total. The van der Waals surface area contributed by atoms with Crippen molar-refractivity contribution in [2.24, 2.45) is 28.6 Å². The molecular weight excluding hydrogens is 440 g/mol. The molecule has 4 saturated carbocycles. The van der Waals surface area contributed by atoms with Gasteiger partial charge in [-0.25, -0.2) is 4.79 Å². The van der Waals surface area contributed by atoms with Gasteiger partial charge >= 0.3 is 5.63 Å². The maximum absolute atomic E-state index is 12.7. The van der Waals surface area contributed by atoms with Gasteiger partial charge in [0.25, 0.3) is 0 Å². The monoisotopic (exact) mass is 482 g/mol. The predicted octanol–water partition coefficient (Wildman–Crippen LogP) is 4.12. The molecule has 1 aromatic rings. The molecule has 1 saturated heterocycles. The van der Waals surface area contributed by atoms with E-state index < -0.39 is 5.60 Å². The zero-order valence-corrected chi connectivity index (χ0v) is 21.4. The van der Waals surface area contributed by atoms with Crippen molar-refractivity contribution < 1.29 is 14.3 Å². The topological polar surface area (TPSA) is 91.6 Å².